The lowest BCUT2D eigenvalue weighted by Crippen LogP contribution is -2.26. The second-order valence-corrected chi connectivity index (χ2v) is 6.07. The highest BCUT2D eigenvalue weighted by Crippen LogP contribution is 2.34. The number of hydrogen-bond acceptors (Lipinski definition) is 3. The predicted octanol–water partition coefficient (Wildman–Crippen LogP) is 4.63. The second kappa shape index (κ2) is 6.84. The molecule has 3 heteroatoms. The summed E-state index contributed by atoms with van der Waals surface area (Å²) in [5.74, 6) is -0.768. The first-order valence-corrected chi connectivity index (χ1v) is 8.26. The van der Waals surface area contributed by atoms with Crippen molar-refractivity contribution in [3.8, 4) is 0 Å². The van der Waals surface area contributed by atoms with Gasteiger partial charge in [-0.05, 0) is 29.3 Å². The van der Waals surface area contributed by atoms with Crippen LogP contribution in [-0.2, 0) is 0 Å². The molecule has 0 bridgehead atoms. The Kier molecular flexibility index (Phi) is 4.60. The van der Waals surface area contributed by atoms with Crippen LogP contribution in [0.3, 0.4) is 0 Å². The van der Waals surface area contributed by atoms with E-state index < -0.39 is 5.92 Å². The molecule has 124 valence electrons. The average molecular weight is 330 g/mol. The van der Waals surface area contributed by atoms with E-state index in [0.29, 0.717) is 28.7 Å². The second-order valence-electron chi connectivity index (χ2n) is 6.07. The molecule has 0 aliphatic heterocycles. The lowest BCUT2D eigenvalue weighted by Gasteiger charge is -2.24. The number of fused-ring (bicyclic) bond motifs is 1. The summed E-state index contributed by atoms with van der Waals surface area (Å²) >= 11 is 0. The molecular formula is C22H18O3. The molecule has 0 saturated heterocycles. The Bertz CT molecular complexity index is 916. The van der Waals surface area contributed by atoms with Gasteiger partial charge in [-0.1, -0.05) is 43.8 Å². The summed E-state index contributed by atoms with van der Waals surface area (Å²) in [4.78, 5) is 37.9. The van der Waals surface area contributed by atoms with Crippen LogP contribution < -0.4 is 0 Å². The van der Waals surface area contributed by atoms with Crippen molar-refractivity contribution < 1.29 is 14.4 Å². The summed E-state index contributed by atoms with van der Waals surface area (Å²) < 4.78 is 0. The van der Waals surface area contributed by atoms with Crippen molar-refractivity contribution in [3.05, 3.63) is 82.6 Å². The molecule has 0 amide bonds. The van der Waals surface area contributed by atoms with Crippen LogP contribution in [0.25, 0.3) is 6.08 Å². The van der Waals surface area contributed by atoms with Crippen molar-refractivity contribution in [1.29, 1.82) is 0 Å². The number of ketones is 3. The molecule has 0 spiro atoms. The van der Waals surface area contributed by atoms with Gasteiger partial charge in [0.2, 0.25) is 0 Å². The van der Waals surface area contributed by atoms with Crippen molar-refractivity contribution in [3.63, 3.8) is 0 Å². The lowest BCUT2D eigenvalue weighted by atomic mass is 9.77. The summed E-state index contributed by atoms with van der Waals surface area (Å²) in [6.07, 6.45) is 2.04. The Morgan fingerprint density at radius 2 is 1.92 bits per heavy atom. The monoisotopic (exact) mass is 330 g/mol. The van der Waals surface area contributed by atoms with Crippen LogP contribution in [0, 0.1) is 0 Å². The minimum atomic E-state index is -0.494. The summed E-state index contributed by atoms with van der Waals surface area (Å²) in [6.45, 7) is 5.30. The van der Waals surface area contributed by atoms with Crippen LogP contribution >= 0.6 is 0 Å². The van der Waals surface area contributed by atoms with Crippen LogP contribution in [0.1, 0.15) is 67.9 Å². The Hall–Kier alpha value is -3.03. The fourth-order valence-electron chi connectivity index (χ4n) is 3.24. The van der Waals surface area contributed by atoms with Gasteiger partial charge in [0, 0.05) is 29.5 Å². The number of hydrogen-bond donors (Lipinski definition) is 0. The van der Waals surface area contributed by atoms with Gasteiger partial charge in [0.1, 0.15) is 0 Å². The van der Waals surface area contributed by atoms with Gasteiger partial charge in [0.15, 0.2) is 17.3 Å². The SMILES string of the molecule is C=C=Cc1cc2c(cc1C(=O)CC)C(=O)C(c1ccccc1)CC2=O. The zero-order chi connectivity index (χ0) is 18.0. The largest absolute Gasteiger partial charge is 0.294 e. The summed E-state index contributed by atoms with van der Waals surface area (Å²) in [5, 5.41) is 0. The number of rotatable bonds is 4. The van der Waals surface area contributed by atoms with Crippen molar-refractivity contribution in [2.45, 2.75) is 25.7 Å². The van der Waals surface area contributed by atoms with Gasteiger partial charge in [-0.15, -0.1) is 5.73 Å². The fourth-order valence-corrected chi connectivity index (χ4v) is 3.24. The van der Waals surface area contributed by atoms with Gasteiger partial charge < -0.3 is 0 Å². The molecule has 0 N–H and O–H groups in total. The van der Waals surface area contributed by atoms with Crippen LogP contribution in [0.4, 0.5) is 0 Å². The summed E-state index contributed by atoms with van der Waals surface area (Å²) in [5.41, 5.74) is 5.21. The molecule has 0 heterocycles. The highest BCUT2D eigenvalue weighted by molar-refractivity contribution is 6.18. The molecule has 1 atom stereocenters. The van der Waals surface area contributed by atoms with Crippen LogP contribution in [0.2, 0.25) is 0 Å². The number of Topliss-reactive ketones (excluding diaryl/α,β-unsaturated/α-hetero) is 3. The highest BCUT2D eigenvalue weighted by atomic mass is 16.1. The van der Waals surface area contributed by atoms with Gasteiger partial charge in [-0.25, -0.2) is 0 Å². The molecule has 3 nitrogen and oxygen atoms in total. The van der Waals surface area contributed by atoms with E-state index in [1.54, 1.807) is 25.1 Å². The molecular weight excluding hydrogens is 312 g/mol. The van der Waals surface area contributed by atoms with E-state index in [1.165, 1.54) is 0 Å². The van der Waals surface area contributed by atoms with Gasteiger partial charge in [-0.2, -0.15) is 0 Å². The van der Waals surface area contributed by atoms with Gasteiger partial charge in [0.25, 0.3) is 0 Å². The Labute approximate surface area is 146 Å². The molecule has 2 aromatic carbocycles. The first-order valence-electron chi connectivity index (χ1n) is 8.26. The number of carbonyl (C=O) groups is 3. The van der Waals surface area contributed by atoms with Crippen molar-refractivity contribution in [1.82, 2.24) is 0 Å². The quantitative estimate of drug-likeness (QED) is 0.606. The Morgan fingerprint density at radius 3 is 2.56 bits per heavy atom. The van der Waals surface area contributed by atoms with E-state index in [4.69, 9.17) is 0 Å². The first kappa shape index (κ1) is 16.8. The highest BCUT2D eigenvalue weighted by Gasteiger charge is 2.34. The minimum Gasteiger partial charge on any atom is -0.294 e. The Balaban J connectivity index is 2.17. The fraction of sp³-hybridized carbons (Fsp3) is 0.182. The predicted molar refractivity (Wildman–Crippen MR) is 97.1 cm³/mol. The van der Waals surface area contributed by atoms with Gasteiger partial charge in [0.05, 0.1) is 5.92 Å². The smallest absolute Gasteiger partial charge is 0.171 e. The molecule has 0 saturated carbocycles. The zero-order valence-electron chi connectivity index (χ0n) is 14.0. The van der Waals surface area contributed by atoms with Crippen molar-refractivity contribution in [2.75, 3.05) is 0 Å². The number of carbonyl (C=O) groups excluding carboxylic acids is 3. The molecule has 1 aliphatic rings. The van der Waals surface area contributed by atoms with Gasteiger partial charge >= 0.3 is 0 Å². The van der Waals surface area contributed by atoms with E-state index in [9.17, 15) is 14.4 Å². The lowest BCUT2D eigenvalue weighted by molar-refractivity contribution is 0.0865. The van der Waals surface area contributed by atoms with E-state index in [0.717, 1.165) is 5.56 Å². The maximum Gasteiger partial charge on any atom is 0.171 e. The molecule has 0 radical (unpaired) electrons. The molecule has 2 aromatic rings. The molecule has 1 unspecified atom stereocenters. The van der Waals surface area contributed by atoms with Crippen LogP contribution in [0.15, 0.2) is 54.8 Å². The maximum atomic E-state index is 13.0. The van der Waals surface area contributed by atoms with Crippen molar-refractivity contribution in [2.24, 2.45) is 0 Å². The molecule has 25 heavy (non-hydrogen) atoms. The topological polar surface area (TPSA) is 51.2 Å². The summed E-state index contributed by atoms with van der Waals surface area (Å²) in [7, 11) is 0. The first-order chi connectivity index (χ1) is 12.1. The van der Waals surface area contributed by atoms with Gasteiger partial charge in [-0.3, -0.25) is 14.4 Å². The maximum absolute atomic E-state index is 13.0. The average Bonchev–Trinajstić information content (AvgIpc) is 2.64. The standard InChI is InChI=1S/C22H18O3/c1-3-8-15-11-18-19(12-16(15)20(23)4-2)22(25)17(13-21(18)24)14-9-6-5-7-10-14/h5-12,17H,1,4,13H2,2H3. The normalized spacial score (nSPS) is 16.1. The summed E-state index contributed by atoms with van der Waals surface area (Å²) in [6, 6.07) is 12.5. The zero-order valence-corrected chi connectivity index (χ0v) is 14.0. The van der Waals surface area contributed by atoms with E-state index in [2.05, 4.69) is 12.3 Å². The van der Waals surface area contributed by atoms with Crippen LogP contribution in [-0.4, -0.2) is 17.3 Å². The minimum absolute atomic E-state index is 0.0774. The molecule has 1 aliphatic carbocycles. The third kappa shape index (κ3) is 3.02. The van der Waals surface area contributed by atoms with E-state index in [1.807, 2.05) is 30.3 Å². The molecule has 3 rings (SSSR count). The Morgan fingerprint density at radius 1 is 1.20 bits per heavy atom. The van der Waals surface area contributed by atoms with E-state index >= 15 is 0 Å². The third-order valence-electron chi connectivity index (χ3n) is 4.54. The number of benzene rings is 2. The third-order valence-corrected chi connectivity index (χ3v) is 4.54. The van der Waals surface area contributed by atoms with Crippen LogP contribution in [0.5, 0.6) is 0 Å². The molecule has 0 fully saturated rings. The van der Waals surface area contributed by atoms with Crippen molar-refractivity contribution >= 4 is 23.4 Å². The van der Waals surface area contributed by atoms with E-state index in [-0.39, 0.29) is 23.8 Å². The molecule has 0 aromatic heterocycles.